The summed E-state index contributed by atoms with van der Waals surface area (Å²) in [6.45, 7) is -1.11. The largest absolute Gasteiger partial charge is 0.464 e. The van der Waals surface area contributed by atoms with Gasteiger partial charge in [-0.05, 0) is 29.5 Å². The van der Waals surface area contributed by atoms with Crippen molar-refractivity contribution in [3.8, 4) is 22.6 Å². The molecule has 140 valence electrons. The number of nitro groups is 1. The molecule has 0 atom stereocenters. The highest BCUT2D eigenvalue weighted by atomic mass is 127. The molecule has 0 saturated heterocycles. The van der Waals surface area contributed by atoms with Crippen LogP contribution in [-0.4, -0.2) is 47.8 Å². The highest BCUT2D eigenvalue weighted by molar-refractivity contribution is 14.1. The molecule has 3 aromatic heterocycles. The number of aromatic nitrogens is 6. The average Bonchev–Trinajstić information content (AvgIpc) is 3.19. The molecule has 12 heteroatoms. The molecule has 27 heavy (non-hydrogen) atoms. The first-order chi connectivity index (χ1) is 14.0. The van der Waals surface area contributed by atoms with E-state index in [9.17, 15) is 14.9 Å². The molecule has 0 aliphatic heterocycles. The minimum Gasteiger partial charge on any atom is -0.464 e. The Labute approximate surface area is 170 Å². The van der Waals surface area contributed by atoms with Crippen LogP contribution in [0.2, 0.25) is 0 Å². The maximum Gasteiger partial charge on any atom is 0.357 e. The van der Waals surface area contributed by atoms with Crippen LogP contribution in [0.3, 0.4) is 0 Å². The van der Waals surface area contributed by atoms with Gasteiger partial charge in [0, 0.05) is 36.0 Å². The summed E-state index contributed by atoms with van der Waals surface area (Å²) in [7, 11) is 2.73. The summed E-state index contributed by atoms with van der Waals surface area (Å²) in [6, 6.07) is 1.27. The summed E-state index contributed by atoms with van der Waals surface area (Å²) in [5.74, 6) is -0.940. The predicted molar refractivity (Wildman–Crippen MR) is 102 cm³/mol. The summed E-state index contributed by atoms with van der Waals surface area (Å²) < 4.78 is 29.5. The predicted octanol–water partition coefficient (Wildman–Crippen LogP) is 1.89. The molecule has 3 heterocycles. The van der Waals surface area contributed by atoms with Crippen molar-refractivity contribution in [3.63, 3.8) is 0 Å². The van der Waals surface area contributed by atoms with Crippen molar-refractivity contribution in [2.24, 2.45) is 14.0 Å². The van der Waals surface area contributed by atoms with Crippen molar-refractivity contribution in [1.82, 2.24) is 29.8 Å². The lowest BCUT2D eigenvalue weighted by atomic mass is 10.1. The molecular weight excluding hydrogens is 469 g/mol. The molecule has 0 amide bonds. The van der Waals surface area contributed by atoms with Crippen LogP contribution in [0.15, 0.2) is 12.3 Å². The molecular formula is C15H14IN7O4. The van der Waals surface area contributed by atoms with Gasteiger partial charge >= 0.3 is 5.97 Å². The topological polar surface area (TPSA) is 131 Å². The normalized spacial score (nSPS) is 13.0. The second-order valence-electron chi connectivity index (χ2n) is 5.41. The first kappa shape index (κ1) is 15.2. The molecule has 0 fully saturated rings. The fourth-order valence-electron chi connectivity index (χ4n) is 2.58. The van der Waals surface area contributed by atoms with Gasteiger partial charge in [-0.25, -0.2) is 14.5 Å². The van der Waals surface area contributed by atoms with Gasteiger partial charge < -0.3 is 4.74 Å². The van der Waals surface area contributed by atoms with E-state index in [0.717, 1.165) is 7.11 Å². The number of esters is 1. The highest BCUT2D eigenvalue weighted by Gasteiger charge is 2.28. The van der Waals surface area contributed by atoms with Gasteiger partial charge in [-0.1, -0.05) is 5.21 Å². The Kier molecular flexibility index (Phi) is 3.95. The van der Waals surface area contributed by atoms with Crippen LogP contribution in [0.5, 0.6) is 0 Å². The average molecular weight is 486 g/mol. The zero-order chi connectivity index (χ0) is 22.4. The number of pyridine rings is 1. The molecule has 0 unspecified atom stereocenters. The molecule has 0 aliphatic carbocycles. The summed E-state index contributed by atoms with van der Waals surface area (Å²) >= 11 is 1.69. The Morgan fingerprint density at radius 1 is 1.41 bits per heavy atom. The summed E-state index contributed by atoms with van der Waals surface area (Å²) in [5, 5.41) is 23.5. The number of nitrogens with zero attached hydrogens (tertiary/aromatic N) is 7. The maximum absolute atomic E-state index is 12.1. The van der Waals surface area contributed by atoms with E-state index in [-0.39, 0.29) is 20.7 Å². The van der Waals surface area contributed by atoms with Crippen molar-refractivity contribution >= 4 is 34.2 Å². The minimum atomic E-state index is -2.81. The third-order valence-corrected chi connectivity index (χ3v) is 4.79. The van der Waals surface area contributed by atoms with Gasteiger partial charge in [-0.3, -0.25) is 14.8 Å². The molecule has 0 radical (unpaired) electrons. The van der Waals surface area contributed by atoms with Crippen LogP contribution in [0.25, 0.3) is 22.6 Å². The molecule has 0 aliphatic rings. The van der Waals surface area contributed by atoms with Crippen LogP contribution in [-0.2, 0) is 18.8 Å². The highest BCUT2D eigenvalue weighted by Crippen LogP contribution is 2.35. The summed E-state index contributed by atoms with van der Waals surface area (Å²) in [4.78, 5) is 27.4. The van der Waals surface area contributed by atoms with E-state index in [2.05, 4.69) is 25.1 Å². The molecule has 3 aromatic rings. The van der Waals surface area contributed by atoms with Gasteiger partial charge in [0.15, 0.2) is 11.4 Å². The second-order valence-corrected chi connectivity index (χ2v) is 6.49. The lowest BCUT2D eigenvalue weighted by molar-refractivity contribution is -0.384. The Bertz CT molecular complexity index is 1150. The first-order valence-corrected chi connectivity index (χ1v) is 8.44. The Balaban J connectivity index is 2.27. The molecule has 0 saturated carbocycles. The fourth-order valence-corrected chi connectivity index (χ4v) is 3.40. The van der Waals surface area contributed by atoms with E-state index < -0.39 is 23.6 Å². The van der Waals surface area contributed by atoms with E-state index >= 15 is 0 Å². The molecule has 0 N–H and O–H groups in total. The number of methoxy groups -OCH3 is 1. The first-order valence-electron chi connectivity index (χ1n) is 8.86. The van der Waals surface area contributed by atoms with Crippen LogP contribution in [0, 0.1) is 20.6 Å². The lowest BCUT2D eigenvalue weighted by Crippen LogP contribution is -2.09. The zero-order valence-electron chi connectivity index (χ0n) is 17.3. The number of aryl methyl sites for hydroxylation is 3. The van der Waals surface area contributed by atoms with Crippen molar-refractivity contribution in [3.05, 3.63) is 37.3 Å². The van der Waals surface area contributed by atoms with E-state index in [4.69, 9.17) is 4.11 Å². The number of hydrogen-bond acceptors (Lipinski definition) is 8. The molecule has 0 aromatic carbocycles. The third kappa shape index (κ3) is 3.15. The summed E-state index contributed by atoms with van der Waals surface area (Å²) in [5.41, 5.74) is 0.413. The zero-order valence-corrected chi connectivity index (χ0v) is 16.5. The number of carbonyl (C=O) groups is 1. The minimum absolute atomic E-state index is 0.0669. The smallest absolute Gasteiger partial charge is 0.357 e. The number of carbonyl (C=O) groups excluding carboxylic acids is 1. The Morgan fingerprint density at radius 3 is 2.70 bits per heavy atom. The van der Waals surface area contributed by atoms with Crippen LogP contribution in [0.4, 0.5) is 5.69 Å². The van der Waals surface area contributed by atoms with Gasteiger partial charge in [-0.2, -0.15) is 5.10 Å². The van der Waals surface area contributed by atoms with Crippen molar-refractivity contribution < 1.29 is 18.6 Å². The third-order valence-electron chi connectivity index (χ3n) is 3.76. The maximum atomic E-state index is 12.1. The quantitative estimate of drug-likeness (QED) is 0.237. The monoisotopic (exact) mass is 486 g/mol. The van der Waals surface area contributed by atoms with Gasteiger partial charge in [0.1, 0.15) is 5.69 Å². The van der Waals surface area contributed by atoms with Gasteiger partial charge in [0.05, 0.1) is 27.0 Å². The summed E-state index contributed by atoms with van der Waals surface area (Å²) in [6.07, 6.45) is 1.37. The standard InChI is InChI=1S/C15H14IN7O4/c1-7-13(22(3)20-18-7)8-5-9(23(25)26)11(17-6-8)12-10(16)14(15(24)27-4)21(2)19-12/h5-6H,1-4H3/i2D3. The van der Waals surface area contributed by atoms with E-state index in [0.29, 0.717) is 21.6 Å². The lowest BCUT2D eigenvalue weighted by Gasteiger charge is -2.05. The SMILES string of the molecule is [2H]C([2H])([2H])n1nc(-c2ncc(-c3c(C)nnn3C)cc2[N+](=O)[O-])c(I)c1C(=O)OC. The number of halogens is 1. The Morgan fingerprint density at radius 2 is 2.15 bits per heavy atom. The van der Waals surface area contributed by atoms with Crippen molar-refractivity contribution in [1.29, 1.82) is 0 Å². The van der Waals surface area contributed by atoms with Crippen LogP contribution in [0.1, 0.15) is 20.3 Å². The van der Waals surface area contributed by atoms with E-state index in [1.807, 2.05) is 0 Å². The van der Waals surface area contributed by atoms with E-state index in [1.165, 1.54) is 16.9 Å². The van der Waals surface area contributed by atoms with Crippen LogP contribution < -0.4 is 0 Å². The fraction of sp³-hybridized carbons (Fsp3) is 0.267. The van der Waals surface area contributed by atoms with Crippen molar-refractivity contribution in [2.45, 2.75) is 6.92 Å². The van der Waals surface area contributed by atoms with Gasteiger partial charge in [0.25, 0.3) is 5.69 Å². The van der Waals surface area contributed by atoms with E-state index in [1.54, 1.807) is 36.6 Å². The molecule has 11 nitrogen and oxygen atoms in total. The molecule has 3 rings (SSSR count). The van der Waals surface area contributed by atoms with Gasteiger partial charge in [-0.15, -0.1) is 5.10 Å². The molecule has 0 bridgehead atoms. The second kappa shape index (κ2) is 7.02. The van der Waals surface area contributed by atoms with Crippen LogP contribution >= 0.6 is 22.6 Å². The van der Waals surface area contributed by atoms with Crippen molar-refractivity contribution in [2.75, 3.05) is 7.11 Å². The molecule has 0 spiro atoms. The Hall–Kier alpha value is -2.90. The van der Waals surface area contributed by atoms with Gasteiger partial charge in [0.2, 0.25) is 0 Å². The number of hydrogen-bond donors (Lipinski definition) is 0. The number of rotatable bonds is 4. The number of ether oxygens (including phenoxy) is 1.